The topological polar surface area (TPSA) is 151 Å². The van der Waals surface area contributed by atoms with Crippen LogP contribution >= 0.6 is 0 Å². The van der Waals surface area contributed by atoms with Gasteiger partial charge in [-0.05, 0) is 64.6 Å². The molecule has 290 valence electrons. The van der Waals surface area contributed by atoms with Gasteiger partial charge in [0.1, 0.15) is 29.3 Å². The average Bonchev–Trinajstić information content (AvgIpc) is 3.85. The Balaban J connectivity index is 1.33. The number of hydrogen-bond acceptors (Lipinski definition) is 10. The van der Waals surface area contributed by atoms with Crippen LogP contribution in [0.5, 0.6) is 0 Å². The molecule has 0 spiro atoms. The summed E-state index contributed by atoms with van der Waals surface area (Å²) in [6.45, 7) is 4.41. The first-order chi connectivity index (χ1) is 27.4. The highest BCUT2D eigenvalue weighted by Crippen LogP contribution is 2.43. The van der Waals surface area contributed by atoms with Gasteiger partial charge in [-0.25, -0.2) is 14.5 Å². The third kappa shape index (κ3) is 7.90. The fourth-order valence-electron chi connectivity index (χ4n) is 7.16. The Morgan fingerprint density at radius 3 is 1.79 bits per heavy atom. The number of rotatable bonds is 14. The average molecular weight is 783 g/mol. The molecule has 12 nitrogen and oxygen atoms in total. The molecule has 1 N–H and O–H groups in total. The lowest BCUT2D eigenvalue weighted by Crippen LogP contribution is -2.39. The SMILES string of the molecule is CCOC(=O)c1c(C(C)(C)O)nc(COS(C)(=O)=O)n1Cc1ccc(-c2ccccc2-c2nnnn2C(c2ccccc2)(c2ccccc2)c2ccccc2)cc1. The number of nitrogens with zero attached hydrogens (tertiary/aromatic N) is 6. The molecule has 0 amide bonds. The van der Waals surface area contributed by atoms with Crippen LogP contribution in [0, 0.1) is 0 Å². The summed E-state index contributed by atoms with van der Waals surface area (Å²) >= 11 is 0. The van der Waals surface area contributed by atoms with Crippen molar-refractivity contribution in [3.05, 3.63) is 179 Å². The van der Waals surface area contributed by atoms with Crippen LogP contribution in [0.3, 0.4) is 0 Å². The summed E-state index contributed by atoms with van der Waals surface area (Å²) < 4.78 is 37.8. The lowest BCUT2D eigenvalue weighted by molar-refractivity contribution is 0.0469. The Morgan fingerprint density at radius 1 is 0.754 bits per heavy atom. The zero-order chi connectivity index (χ0) is 40.2. The first-order valence-corrected chi connectivity index (χ1v) is 20.2. The maximum Gasteiger partial charge on any atom is 0.357 e. The number of aromatic nitrogens is 6. The molecule has 7 rings (SSSR count). The van der Waals surface area contributed by atoms with E-state index in [1.165, 1.54) is 18.4 Å². The predicted octanol–water partition coefficient (Wildman–Crippen LogP) is 6.97. The van der Waals surface area contributed by atoms with E-state index < -0.39 is 33.8 Å². The maximum absolute atomic E-state index is 13.3. The number of hydrogen-bond donors (Lipinski definition) is 1. The molecule has 5 aromatic carbocycles. The van der Waals surface area contributed by atoms with Crippen molar-refractivity contribution in [2.75, 3.05) is 12.9 Å². The molecular weight excluding hydrogens is 741 g/mol. The smallest absolute Gasteiger partial charge is 0.357 e. The minimum Gasteiger partial charge on any atom is -0.461 e. The molecule has 0 atom stereocenters. The van der Waals surface area contributed by atoms with Gasteiger partial charge in [0, 0.05) is 12.1 Å². The van der Waals surface area contributed by atoms with Gasteiger partial charge in [-0.15, -0.1) is 5.10 Å². The first kappa shape index (κ1) is 39.0. The molecule has 0 unspecified atom stereocenters. The summed E-state index contributed by atoms with van der Waals surface area (Å²) in [5.41, 5.74) is 3.84. The Bertz CT molecular complexity index is 2490. The van der Waals surface area contributed by atoms with Crippen LogP contribution in [0.1, 0.15) is 65.0 Å². The second-order valence-electron chi connectivity index (χ2n) is 14.0. The van der Waals surface area contributed by atoms with Crippen LogP contribution < -0.4 is 0 Å². The minimum absolute atomic E-state index is 0.0106. The quantitative estimate of drug-likeness (QED) is 0.0696. The lowest BCUT2D eigenvalue weighted by atomic mass is 9.77. The lowest BCUT2D eigenvalue weighted by Gasteiger charge is -2.36. The Kier molecular flexibility index (Phi) is 11.0. The van der Waals surface area contributed by atoms with E-state index >= 15 is 0 Å². The first-order valence-electron chi connectivity index (χ1n) is 18.4. The van der Waals surface area contributed by atoms with Gasteiger partial charge in [0.2, 0.25) is 0 Å². The van der Waals surface area contributed by atoms with Crippen LogP contribution in [0.2, 0.25) is 0 Å². The van der Waals surface area contributed by atoms with Crippen LogP contribution in [-0.4, -0.2) is 62.1 Å². The van der Waals surface area contributed by atoms with Crippen molar-refractivity contribution in [2.24, 2.45) is 0 Å². The van der Waals surface area contributed by atoms with E-state index in [1.54, 1.807) is 6.92 Å². The van der Waals surface area contributed by atoms with Gasteiger partial charge in [-0.2, -0.15) is 8.42 Å². The molecule has 13 heteroatoms. The van der Waals surface area contributed by atoms with Crippen molar-refractivity contribution < 1.29 is 27.2 Å². The number of imidazole rings is 1. The number of benzene rings is 5. The molecule has 0 saturated heterocycles. The van der Waals surface area contributed by atoms with Crippen molar-refractivity contribution >= 4 is 16.1 Å². The van der Waals surface area contributed by atoms with E-state index in [0.29, 0.717) is 5.82 Å². The fourth-order valence-corrected chi connectivity index (χ4v) is 7.48. The number of tetrazole rings is 1. The van der Waals surface area contributed by atoms with Crippen LogP contribution in [0.4, 0.5) is 0 Å². The van der Waals surface area contributed by atoms with E-state index in [-0.39, 0.29) is 30.4 Å². The predicted molar refractivity (Wildman–Crippen MR) is 215 cm³/mol. The number of carbonyl (C=O) groups is 1. The fraction of sp³-hybridized carbons (Fsp3) is 0.205. The summed E-state index contributed by atoms with van der Waals surface area (Å²) in [4.78, 5) is 17.8. The third-order valence-electron chi connectivity index (χ3n) is 9.63. The van der Waals surface area contributed by atoms with Crippen molar-refractivity contribution in [2.45, 2.75) is 45.1 Å². The van der Waals surface area contributed by atoms with Gasteiger partial charge < -0.3 is 14.4 Å². The molecule has 2 heterocycles. The second-order valence-corrected chi connectivity index (χ2v) is 15.7. The van der Waals surface area contributed by atoms with E-state index in [2.05, 4.69) is 51.7 Å². The van der Waals surface area contributed by atoms with Gasteiger partial charge >= 0.3 is 5.97 Å². The molecule has 57 heavy (non-hydrogen) atoms. The largest absolute Gasteiger partial charge is 0.461 e. The highest BCUT2D eigenvalue weighted by Gasteiger charge is 2.42. The molecule has 0 saturated carbocycles. The number of aliphatic hydroxyl groups is 1. The van der Waals surface area contributed by atoms with E-state index in [4.69, 9.17) is 14.1 Å². The summed E-state index contributed by atoms with van der Waals surface area (Å²) in [5.74, 6) is -0.00688. The Morgan fingerprint density at radius 2 is 1.28 bits per heavy atom. The molecule has 0 aliphatic rings. The summed E-state index contributed by atoms with van der Waals surface area (Å²) in [6.07, 6.45) is 0.934. The Labute approximate surface area is 331 Å². The van der Waals surface area contributed by atoms with E-state index in [9.17, 15) is 18.3 Å². The Hall–Kier alpha value is -6.28. The van der Waals surface area contributed by atoms with E-state index in [1.807, 2.05) is 108 Å². The summed E-state index contributed by atoms with van der Waals surface area (Å²) in [5, 5.41) is 24.7. The van der Waals surface area contributed by atoms with Crippen molar-refractivity contribution in [1.29, 1.82) is 0 Å². The highest BCUT2D eigenvalue weighted by atomic mass is 32.2. The molecular formula is C44H42N6O6S. The highest BCUT2D eigenvalue weighted by molar-refractivity contribution is 7.85. The van der Waals surface area contributed by atoms with Gasteiger partial charge in [-0.1, -0.05) is 140 Å². The van der Waals surface area contributed by atoms with Crippen LogP contribution in [0.15, 0.2) is 140 Å². The number of carbonyl (C=O) groups excluding carboxylic acids is 1. The molecule has 0 aliphatic heterocycles. The van der Waals surface area contributed by atoms with Crippen LogP contribution in [-0.2, 0) is 43.3 Å². The van der Waals surface area contributed by atoms with Gasteiger partial charge in [-0.3, -0.25) is 4.18 Å². The number of esters is 1. The van der Waals surface area contributed by atoms with Gasteiger partial charge in [0.15, 0.2) is 11.5 Å². The normalized spacial score (nSPS) is 12.1. The molecule has 0 bridgehead atoms. The molecule has 0 fully saturated rings. The standard InChI is InChI=1S/C44H42N6O6S/c1-5-55-42(51)39-40(43(2,3)52)45-38(30-56-57(4,53)54)49(39)29-31-25-27-32(28-26-31)36-23-15-16-24-37(36)41-46-47-48-50(41)44(33-17-9-6-10-18-33,34-19-11-7-12-20-34)35-21-13-8-14-22-35/h6-28,52H,5,29-30H2,1-4H3. The summed E-state index contributed by atoms with van der Waals surface area (Å²) in [6, 6.07) is 46.3. The zero-order valence-electron chi connectivity index (χ0n) is 32.0. The number of ether oxygens (including phenoxy) is 1. The maximum atomic E-state index is 13.3. The van der Waals surface area contributed by atoms with Gasteiger partial charge in [0.25, 0.3) is 10.1 Å². The van der Waals surface area contributed by atoms with Gasteiger partial charge in [0.05, 0.1) is 12.9 Å². The summed E-state index contributed by atoms with van der Waals surface area (Å²) in [7, 11) is -3.85. The van der Waals surface area contributed by atoms with E-state index in [0.717, 1.165) is 45.2 Å². The monoisotopic (exact) mass is 782 g/mol. The van der Waals surface area contributed by atoms with Crippen LogP contribution in [0.25, 0.3) is 22.5 Å². The van der Waals surface area contributed by atoms with Crippen molar-refractivity contribution in [1.82, 2.24) is 29.8 Å². The second kappa shape index (κ2) is 16.1. The minimum atomic E-state index is -3.85. The molecule has 2 aromatic heterocycles. The molecule has 0 aliphatic carbocycles. The zero-order valence-corrected chi connectivity index (χ0v) is 32.8. The van der Waals surface area contributed by atoms with Crippen molar-refractivity contribution in [3.8, 4) is 22.5 Å². The third-order valence-corrected chi connectivity index (χ3v) is 10.2. The molecule has 0 radical (unpaired) electrons. The molecule has 7 aromatic rings. The van der Waals surface area contributed by atoms with Crippen molar-refractivity contribution in [3.63, 3.8) is 0 Å².